The number of quaternary nitrogens is 1. The summed E-state index contributed by atoms with van der Waals surface area (Å²) in [6, 6.07) is 11.9. The predicted molar refractivity (Wildman–Crippen MR) is 105 cm³/mol. The minimum absolute atomic E-state index is 0.0688. The van der Waals surface area contributed by atoms with Gasteiger partial charge >= 0.3 is 0 Å². The van der Waals surface area contributed by atoms with Crippen molar-refractivity contribution in [2.24, 2.45) is 0 Å². The number of aromatic nitrogens is 2. The van der Waals surface area contributed by atoms with Crippen molar-refractivity contribution in [3.8, 4) is 0 Å². The van der Waals surface area contributed by atoms with E-state index in [0.717, 1.165) is 18.5 Å². The number of thioether (sulfide) groups is 1. The van der Waals surface area contributed by atoms with Gasteiger partial charge in [0.25, 0.3) is 5.56 Å². The van der Waals surface area contributed by atoms with Crippen molar-refractivity contribution in [3.63, 3.8) is 0 Å². The summed E-state index contributed by atoms with van der Waals surface area (Å²) in [5.41, 5.74) is 1.78. The Bertz CT molecular complexity index is 762. The molecule has 0 aliphatic heterocycles. The number of H-pyrrole nitrogens is 1. The normalized spacial score (nSPS) is 12.2. The van der Waals surface area contributed by atoms with Crippen molar-refractivity contribution >= 4 is 17.7 Å². The molecule has 2 rings (SSSR count). The number of hydrogen-bond donors (Lipinski definition) is 3. The Balaban J connectivity index is 1.89. The summed E-state index contributed by atoms with van der Waals surface area (Å²) in [5, 5.41) is 3.48. The SMILES string of the molecule is CCCc1cc(=O)[nH]c(SCC(=O)NC[C@H](c2ccccc2)[NH+](C)C)n1. The highest BCUT2D eigenvalue weighted by atomic mass is 32.2. The number of nitrogens with one attached hydrogen (secondary N) is 3. The molecule has 1 amide bonds. The van der Waals surface area contributed by atoms with E-state index >= 15 is 0 Å². The number of aryl methyl sites for hydroxylation is 1. The Kier molecular flexibility index (Phi) is 7.87. The first-order valence-electron chi connectivity index (χ1n) is 8.84. The number of nitrogens with zero attached hydrogens (tertiary/aromatic N) is 1. The molecule has 1 atom stereocenters. The zero-order valence-corrected chi connectivity index (χ0v) is 16.4. The zero-order valence-electron chi connectivity index (χ0n) is 15.5. The topological polar surface area (TPSA) is 79.3 Å². The molecule has 0 bridgehead atoms. The number of likely N-dealkylation sites (N-methyl/N-ethyl adjacent to an activating group) is 1. The van der Waals surface area contributed by atoms with Crippen molar-refractivity contribution in [2.75, 3.05) is 26.4 Å². The largest absolute Gasteiger partial charge is 0.349 e. The lowest BCUT2D eigenvalue weighted by Crippen LogP contribution is -3.07. The average molecular weight is 376 g/mol. The zero-order chi connectivity index (χ0) is 18.9. The Hall–Kier alpha value is -2.12. The van der Waals surface area contributed by atoms with Crippen molar-refractivity contribution in [1.29, 1.82) is 0 Å². The van der Waals surface area contributed by atoms with Gasteiger partial charge in [-0.25, -0.2) is 4.98 Å². The van der Waals surface area contributed by atoms with Gasteiger partial charge in [0.1, 0.15) is 6.04 Å². The predicted octanol–water partition coefficient (Wildman–Crippen LogP) is 0.817. The molecule has 0 saturated heterocycles. The van der Waals surface area contributed by atoms with Gasteiger partial charge in [-0.1, -0.05) is 55.4 Å². The molecular weight excluding hydrogens is 348 g/mol. The van der Waals surface area contributed by atoms with Gasteiger partial charge in [0.05, 0.1) is 26.4 Å². The maximum absolute atomic E-state index is 12.2. The van der Waals surface area contributed by atoms with Gasteiger partial charge in [-0.15, -0.1) is 0 Å². The number of benzene rings is 1. The fraction of sp³-hybridized carbons (Fsp3) is 0.421. The number of carbonyl (C=O) groups is 1. The Morgan fingerprint density at radius 2 is 2.04 bits per heavy atom. The molecule has 7 heteroatoms. The summed E-state index contributed by atoms with van der Waals surface area (Å²) in [7, 11) is 4.15. The minimum Gasteiger partial charge on any atom is -0.349 e. The highest BCUT2D eigenvalue weighted by Gasteiger charge is 2.18. The summed E-state index contributed by atoms with van der Waals surface area (Å²) < 4.78 is 0. The van der Waals surface area contributed by atoms with E-state index in [-0.39, 0.29) is 23.3 Å². The maximum atomic E-state index is 12.2. The highest BCUT2D eigenvalue weighted by Crippen LogP contribution is 2.12. The van der Waals surface area contributed by atoms with Gasteiger partial charge in [-0.3, -0.25) is 9.59 Å². The molecule has 6 nitrogen and oxygen atoms in total. The van der Waals surface area contributed by atoms with Crippen LogP contribution in [0.5, 0.6) is 0 Å². The van der Waals surface area contributed by atoms with Crippen molar-refractivity contribution in [3.05, 3.63) is 58.0 Å². The molecule has 1 heterocycles. The van der Waals surface area contributed by atoms with Crippen LogP contribution in [0.15, 0.2) is 46.3 Å². The smallest absolute Gasteiger partial charge is 0.251 e. The van der Waals surface area contributed by atoms with Gasteiger partial charge in [0, 0.05) is 17.3 Å². The molecule has 140 valence electrons. The molecule has 2 aromatic rings. The van der Waals surface area contributed by atoms with E-state index in [0.29, 0.717) is 11.7 Å². The molecule has 0 aliphatic carbocycles. The molecule has 1 aromatic heterocycles. The van der Waals surface area contributed by atoms with Gasteiger partial charge in [0.15, 0.2) is 5.16 Å². The molecule has 0 unspecified atom stereocenters. The van der Waals surface area contributed by atoms with E-state index in [2.05, 4.69) is 41.5 Å². The highest BCUT2D eigenvalue weighted by molar-refractivity contribution is 7.99. The van der Waals surface area contributed by atoms with Crippen LogP contribution in [0.3, 0.4) is 0 Å². The van der Waals surface area contributed by atoms with E-state index in [1.165, 1.54) is 28.3 Å². The lowest BCUT2D eigenvalue weighted by atomic mass is 10.1. The summed E-state index contributed by atoms with van der Waals surface area (Å²) in [5.74, 6) is 0.156. The summed E-state index contributed by atoms with van der Waals surface area (Å²) >= 11 is 1.25. The Morgan fingerprint density at radius 3 is 2.69 bits per heavy atom. The number of rotatable bonds is 9. The van der Waals surface area contributed by atoms with Crippen LogP contribution in [-0.2, 0) is 11.2 Å². The molecule has 26 heavy (non-hydrogen) atoms. The summed E-state index contributed by atoms with van der Waals surface area (Å²) in [6.07, 6.45) is 1.68. The van der Waals surface area contributed by atoms with Crippen LogP contribution < -0.4 is 15.8 Å². The molecule has 0 radical (unpaired) electrons. The average Bonchev–Trinajstić information content (AvgIpc) is 2.60. The first-order valence-corrected chi connectivity index (χ1v) is 9.83. The molecule has 0 fully saturated rings. The van der Waals surface area contributed by atoms with E-state index in [1.54, 1.807) is 0 Å². The second-order valence-corrected chi connectivity index (χ2v) is 7.39. The quantitative estimate of drug-likeness (QED) is 0.448. The first-order chi connectivity index (χ1) is 12.5. The lowest BCUT2D eigenvalue weighted by molar-refractivity contribution is -0.890. The van der Waals surface area contributed by atoms with Crippen molar-refractivity contribution in [1.82, 2.24) is 15.3 Å². The molecule has 0 saturated carbocycles. The fourth-order valence-corrected chi connectivity index (χ4v) is 3.40. The van der Waals surface area contributed by atoms with Crippen LogP contribution in [0.4, 0.5) is 0 Å². The van der Waals surface area contributed by atoms with E-state index in [9.17, 15) is 9.59 Å². The van der Waals surface area contributed by atoms with Crippen LogP contribution in [0.1, 0.15) is 30.6 Å². The molecular formula is C19H27N4O2S+. The third-order valence-corrected chi connectivity index (χ3v) is 4.89. The number of carbonyl (C=O) groups excluding carboxylic acids is 1. The van der Waals surface area contributed by atoms with Crippen molar-refractivity contribution < 1.29 is 9.69 Å². The lowest BCUT2D eigenvalue weighted by Gasteiger charge is -2.22. The van der Waals surface area contributed by atoms with Crippen molar-refractivity contribution in [2.45, 2.75) is 31.0 Å². The second kappa shape index (κ2) is 10.1. The van der Waals surface area contributed by atoms with Gasteiger partial charge in [0.2, 0.25) is 5.91 Å². The molecule has 1 aromatic carbocycles. The van der Waals surface area contributed by atoms with Crippen LogP contribution in [0, 0.1) is 0 Å². The third-order valence-electron chi connectivity index (χ3n) is 4.02. The first kappa shape index (κ1) is 20.2. The van der Waals surface area contributed by atoms with Crippen LogP contribution in [0.25, 0.3) is 0 Å². The summed E-state index contributed by atoms with van der Waals surface area (Å²) in [6.45, 7) is 2.60. The number of amides is 1. The molecule has 0 aliphatic rings. The van der Waals surface area contributed by atoms with Crippen LogP contribution in [-0.4, -0.2) is 42.3 Å². The number of hydrogen-bond acceptors (Lipinski definition) is 4. The van der Waals surface area contributed by atoms with E-state index < -0.39 is 0 Å². The number of aromatic amines is 1. The van der Waals surface area contributed by atoms with Gasteiger partial charge in [-0.05, 0) is 6.42 Å². The third kappa shape index (κ3) is 6.31. The Labute approximate surface area is 158 Å². The fourth-order valence-electron chi connectivity index (χ4n) is 2.68. The van der Waals surface area contributed by atoms with Crippen LogP contribution in [0.2, 0.25) is 0 Å². The van der Waals surface area contributed by atoms with E-state index in [1.807, 2.05) is 25.1 Å². The molecule has 0 spiro atoms. The van der Waals surface area contributed by atoms with Crippen LogP contribution >= 0.6 is 11.8 Å². The van der Waals surface area contributed by atoms with Gasteiger partial charge in [-0.2, -0.15) is 0 Å². The standard InChI is InChI=1S/C19H26N4O2S/c1-4-8-15-11-17(24)22-19(21-15)26-13-18(25)20-12-16(23(2)3)14-9-6-5-7-10-14/h5-7,9-11,16H,4,8,12-13H2,1-3H3,(H,20,25)(H,21,22,24)/p+1/t16-/m1/s1. The molecule has 3 N–H and O–H groups in total. The Morgan fingerprint density at radius 1 is 1.31 bits per heavy atom. The summed E-state index contributed by atoms with van der Waals surface area (Å²) in [4.78, 5) is 32.2. The maximum Gasteiger partial charge on any atom is 0.251 e. The minimum atomic E-state index is -0.174. The second-order valence-electron chi connectivity index (χ2n) is 6.43. The van der Waals surface area contributed by atoms with Gasteiger partial charge < -0.3 is 15.2 Å². The van der Waals surface area contributed by atoms with E-state index in [4.69, 9.17) is 0 Å². The monoisotopic (exact) mass is 375 g/mol.